The number of benzene rings is 2. The largest absolute Gasteiger partial charge is 0.487 e. The zero-order valence-electron chi connectivity index (χ0n) is 20.0. The van der Waals surface area contributed by atoms with E-state index in [9.17, 15) is 9.59 Å². The number of nitrogens with zero attached hydrogens (tertiary/aromatic N) is 2. The van der Waals surface area contributed by atoms with Crippen molar-refractivity contribution in [3.63, 3.8) is 0 Å². The summed E-state index contributed by atoms with van der Waals surface area (Å²) in [5.41, 5.74) is 2.29. The number of piperidine rings is 1. The minimum atomic E-state index is -0.381. The molecule has 0 radical (unpaired) electrons. The third-order valence-electron chi connectivity index (χ3n) is 7.98. The van der Waals surface area contributed by atoms with Crippen molar-refractivity contribution in [1.82, 2.24) is 4.90 Å². The molecule has 35 heavy (non-hydrogen) atoms. The second-order valence-electron chi connectivity index (χ2n) is 10.6. The van der Waals surface area contributed by atoms with Crippen molar-refractivity contribution in [2.24, 2.45) is 11.8 Å². The average Bonchev–Trinajstić information content (AvgIpc) is 2.83. The summed E-state index contributed by atoms with van der Waals surface area (Å²) in [7, 11) is 0. The Morgan fingerprint density at radius 2 is 2.06 bits per heavy atom. The molecule has 8 heteroatoms. The molecule has 2 fully saturated rings. The molecule has 2 aromatic rings. The van der Waals surface area contributed by atoms with E-state index >= 15 is 0 Å². The third kappa shape index (κ3) is 4.04. The summed E-state index contributed by atoms with van der Waals surface area (Å²) in [5.74, 6) is 1.21. The number of rotatable bonds is 2. The van der Waals surface area contributed by atoms with Gasteiger partial charge in [0.2, 0.25) is 11.8 Å². The Morgan fingerprint density at radius 1 is 1.23 bits per heavy atom. The van der Waals surface area contributed by atoms with Gasteiger partial charge in [-0.15, -0.1) is 0 Å². The van der Waals surface area contributed by atoms with E-state index in [1.807, 2.05) is 52.3 Å². The second-order valence-corrected chi connectivity index (χ2v) is 11.1. The fourth-order valence-corrected chi connectivity index (χ4v) is 6.40. The minimum absolute atomic E-state index is 0.0476. The molecular weight excluding hydrogens is 466 g/mol. The van der Waals surface area contributed by atoms with Crippen LogP contribution >= 0.6 is 11.6 Å². The van der Waals surface area contributed by atoms with Crippen LogP contribution in [0.4, 0.5) is 11.4 Å². The van der Waals surface area contributed by atoms with E-state index in [1.165, 1.54) is 0 Å². The molecule has 1 N–H and O–H groups in total. The van der Waals surface area contributed by atoms with Gasteiger partial charge in [0.05, 0.1) is 36.7 Å². The predicted octanol–water partition coefficient (Wildman–Crippen LogP) is 4.26. The molecule has 4 aliphatic rings. The predicted molar refractivity (Wildman–Crippen MR) is 134 cm³/mol. The molecule has 6 rings (SSSR count). The number of carbonyl (C=O) groups is 2. The van der Waals surface area contributed by atoms with E-state index in [0.717, 1.165) is 35.5 Å². The first-order valence-corrected chi connectivity index (χ1v) is 12.7. The lowest BCUT2D eigenvalue weighted by Gasteiger charge is -2.53. The van der Waals surface area contributed by atoms with E-state index in [4.69, 9.17) is 21.1 Å². The fourth-order valence-electron chi connectivity index (χ4n) is 6.22. The Hall–Kier alpha value is -2.77. The Balaban J connectivity index is 1.17. The quantitative estimate of drug-likeness (QED) is 0.674. The first-order chi connectivity index (χ1) is 16.8. The third-order valence-corrected chi connectivity index (χ3v) is 8.22. The molecule has 0 bridgehead atoms. The first kappa shape index (κ1) is 22.7. The van der Waals surface area contributed by atoms with Crippen LogP contribution in [-0.2, 0) is 14.3 Å². The molecule has 2 amide bonds. The molecule has 4 aliphatic heterocycles. The SMILES string of the molecule is CC1(C)Oc2ccc(Cl)cc2[C@H]2O[C@H]3CCN(C(=O)CN4CC(=O)Nc5ccccc54)C[C@H]3C[C@@H]21. The summed E-state index contributed by atoms with van der Waals surface area (Å²) in [4.78, 5) is 29.3. The normalized spacial score (nSPS) is 28.6. The van der Waals surface area contributed by atoms with Crippen LogP contribution in [-0.4, -0.2) is 54.6 Å². The lowest BCUT2D eigenvalue weighted by Crippen LogP contribution is -2.57. The standard InChI is InChI=1S/C27H30ClN3O4/c1-27(2)19-11-16-13-30(25(33)15-31-14-24(32)29-20-5-3-4-6-21(20)31)10-9-22(16)34-26(19)18-12-17(28)7-8-23(18)35-27/h3-8,12,16,19,22,26H,9-11,13-15H2,1-2H3,(H,29,32)/t16-,19+,22+,26-/m1/s1. The van der Waals surface area contributed by atoms with E-state index < -0.39 is 0 Å². The van der Waals surface area contributed by atoms with E-state index in [1.54, 1.807) is 0 Å². The van der Waals surface area contributed by atoms with Crippen LogP contribution < -0.4 is 15.0 Å². The van der Waals surface area contributed by atoms with Crippen molar-refractivity contribution in [2.45, 2.75) is 44.5 Å². The Bertz CT molecular complexity index is 1180. The van der Waals surface area contributed by atoms with Crippen LogP contribution in [0.2, 0.25) is 5.02 Å². The van der Waals surface area contributed by atoms with Crippen LogP contribution in [0.25, 0.3) is 0 Å². The van der Waals surface area contributed by atoms with Gasteiger partial charge in [-0.3, -0.25) is 9.59 Å². The summed E-state index contributed by atoms with van der Waals surface area (Å²) in [6, 6.07) is 13.4. The molecule has 4 heterocycles. The number of hydrogen-bond donors (Lipinski definition) is 1. The summed E-state index contributed by atoms with van der Waals surface area (Å²) in [6.45, 7) is 5.93. The van der Waals surface area contributed by atoms with Crippen LogP contribution in [0.3, 0.4) is 0 Å². The number of nitrogens with one attached hydrogen (secondary N) is 1. The highest BCUT2D eigenvalue weighted by Crippen LogP contribution is 2.53. The lowest BCUT2D eigenvalue weighted by molar-refractivity contribution is -0.188. The van der Waals surface area contributed by atoms with E-state index in [0.29, 0.717) is 18.1 Å². The topological polar surface area (TPSA) is 71.1 Å². The van der Waals surface area contributed by atoms with Gasteiger partial charge in [0.15, 0.2) is 0 Å². The van der Waals surface area contributed by atoms with E-state index in [2.05, 4.69) is 19.2 Å². The molecule has 0 aromatic heterocycles. The monoisotopic (exact) mass is 495 g/mol. The van der Waals surface area contributed by atoms with Gasteiger partial charge in [-0.2, -0.15) is 0 Å². The van der Waals surface area contributed by atoms with Gasteiger partial charge in [0.1, 0.15) is 11.4 Å². The maximum absolute atomic E-state index is 13.3. The van der Waals surface area contributed by atoms with Crippen molar-refractivity contribution in [2.75, 3.05) is 36.4 Å². The average molecular weight is 496 g/mol. The van der Waals surface area contributed by atoms with Gasteiger partial charge in [-0.25, -0.2) is 0 Å². The summed E-state index contributed by atoms with van der Waals surface area (Å²) in [5, 5.41) is 3.57. The maximum Gasteiger partial charge on any atom is 0.243 e. The van der Waals surface area contributed by atoms with Gasteiger partial charge < -0.3 is 24.6 Å². The number of halogens is 1. The fraction of sp³-hybridized carbons (Fsp3) is 0.481. The summed E-state index contributed by atoms with van der Waals surface area (Å²) >= 11 is 6.31. The van der Waals surface area contributed by atoms with Crippen LogP contribution in [0, 0.1) is 11.8 Å². The van der Waals surface area contributed by atoms with Gasteiger partial charge in [0, 0.05) is 35.5 Å². The molecule has 0 aliphatic carbocycles. The van der Waals surface area contributed by atoms with Gasteiger partial charge in [0.25, 0.3) is 0 Å². The smallest absolute Gasteiger partial charge is 0.243 e. The number of likely N-dealkylation sites (tertiary alicyclic amines) is 1. The number of amides is 2. The lowest BCUT2D eigenvalue weighted by atomic mass is 9.70. The number of hydrogen-bond acceptors (Lipinski definition) is 5. The second kappa shape index (κ2) is 8.42. The van der Waals surface area contributed by atoms with Crippen LogP contribution in [0.15, 0.2) is 42.5 Å². The molecule has 2 saturated heterocycles. The molecule has 2 aromatic carbocycles. The van der Waals surface area contributed by atoms with Crippen molar-refractivity contribution in [3.8, 4) is 5.75 Å². The van der Waals surface area contributed by atoms with Crippen molar-refractivity contribution < 1.29 is 19.1 Å². The zero-order chi connectivity index (χ0) is 24.3. The number of ether oxygens (including phenoxy) is 2. The van der Waals surface area contributed by atoms with Crippen molar-refractivity contribution >= 4 is 34.8 Å². The molecular formula is C27H30ClN3O4. The maximum atomic E-state index is 13.3. The molecule has 0 saturated carbocycles. The Morgan fingerprint density at radius 3 is 2.91 bits per heavy atom. The highest BCUT2D eigenvalue weighted by molar-refractivity contribution is 6.30. The highest BCUT2D eigenvalue weighted by Gasteiger charge is 2.51. The molecule has 184 valence electrons. The molecule has 4 atom stereocenters. The molecule has 0 spiro atoms. The first-order valence-electron chi connectivity index (χ1n) is 12.3. The number of para-hydroxylation sites is 2. The minimum Gasteiger partial charge on any atom is -0.487 e. The van der Waals surface area contributed by atoms with Crippen LogP contribution in [0.1, 0.15) is 38.4 Å². The van der Waals surface area contributed by atoms with Gasteiger partial charge in [-0.1, -0.05) is 23.7 Å². The number of fused-ring (bicyclic) bond motifs is 5. The van der Waals surface area contributed by atoms with Crippen molar-refractivity contribution in [1.29, 1.82) is 0 Å². The molecule has 0 unspecified atom stereocenters. The molecule has 7 nitrogen and oxygen atoms in total. The summed E-state index contributed by atoms with van der Waals surface area (Å²) in [6.07, 6.45) is 1.77. The zero-order valence-corrected chi connectivity index (χ0v) is 20.8. The highest BCUT2D eigenvalue weighted by atomic mass is 35.5. The Kier molecular flexibility index (Phi) is 5.45. The number of carbonyl (C=O) groups excluding carboxylic acids is 2. The Labute approximate surface area is 210 Å². The van der Waals surface area contributed by atoms with Crippen LogP contribution in [0.5, 0.6) is 5.75 Å². The van der Waals surface area contributed by atoms with Crippen molar-refractivity contribution in [3.05, 3.63) is 53.1 Å². The van der Waals surface area contributed by atoms with Gasteiger partial charge in [-0.05, 0) is 57.0 Å². The number of anilines is 2. The summed E-state index contributed by atoms with van der Waals surface area (Å²) < 4.78 is 13.1. The van der Waals surface area contributed by atoms with Gasteiger partial charge >= 0.3 is 0 Å². The van der Waals surface area contributed by atoms with E-state index in [-0.39, 0.29) is 54.5 Å².